The number of hydrogen-bond donors (Lipinski definition) is 1. The Bertz CT molecular complexity index is 907. The Morgan fingerprint density at radius 3 is 2.81 bits per heavy atom. The van der Waals surface area contributed by atoms with Gasteiger partial charge >= 0.3 is 0 Å². The highest BCUT2D eigenvalue weighted by molar-refractivity contribution is 7.13. The number of nitrogens with zero attached hydrogens (tertiary/aromatic N) is 2. The summed E-state index contributed by atoms with van der Waals surface area (Å²) >= 11 is 1.46. The molecular weight excluding hydrogens is 358 g/mol. The average molecular weight is 382 g/mol. The van der Waals surface area contributed by atoms with Crippen LogP contribution in [-0.2, 0) is 13.0 Å². The Morgan fingerprint density at radius 1 is 1.22 bits per heavy atom. The van der Waals surface area contributed by atoms with E-state index in [2.05, 4.69) is 29.1 Å². The molecule has 2 heterocycles. The SMILES string of the molecule is Cc1nc(CC(C)C)sc1C(=O)Nc1cccc(OCc2ccccn2)c1. The van der Waals surface area contributed by atoms with Gasteiger partial charge in [-0.15, -0.1) is 11.3 Å². The highest BCUT2D eigenvalue weighted by Crippen LogP contribution is 2.23. The first kappa shape index (κ1) is 19.0. The van der Waals surface area contributed by atoms with E-state index in [9.17, 15) is 4.79 Å². The zero-order valence-electron chi connectivity index (χ0n) is 15.7. The standard InChI is InChI=1S/C21H23N3O2S/c1-14(2)11-19-23-15(3)20(27-19)21(25)24-16-8-6-9-18(12-16)26-13-17-7-4-5-10-22-17/h4-10,12,14H,11,13H2,1-3H3,(H,24,25). The Hall–Kier alpha value is -2.73. The van der Waals surface area contributed by atoms with Gasteiger partial charge in [0.15, 0.2) is 0 Å². The molecule has 5 nitrogen and oxygen atoms in total. The normalized spacial score (nSPS) is 10.8. The summed E-state index contributed by atoms with van der Waals surface area (Å²) in [5.74, 6) is 1.06. The van der Waals surface area contributed by atoms with E-state index in [-0.39, 0.29) is 5.91 Å². The summed E-state index contributed by atoms with van der Waals surface area (Å²) in [6.45, 7) is 6.55. The molecule has 0 atom stereocenters. The van der Waals surface area contributed by atoms with Crippen molar-refractivity contribution in [1.82, 2.24) is 9.97 Å². The molecule has 0 bridgehead atoms. The van der Waals surface area contributed by atoms with E-state index < -0.39 is 0 Å². The summed E-state index contributed by atoms with van der Waals surface area (Å²) in [6, 6.07) is 13.1. The molecule has 0 spiro atoms. The first-order valence-electron chi connectivity index (χ1n) is 8.91. The van der Waals surface area contributed by atoms with Crippen molar-refractivity contribution < 1.29 is 9.53 Å². The van der Waals surface area contributed by atoms with Crippen molar-refractivity contribution in [3.8, 4) is 5.75 Å². The Balaban J connectivity index is 1.65. The van der Waals surface area contributed by atoms with Crippen LogP contribution in [0.4, 0.5) is 5.69 Å². The summed E-state index contributed by atoms with van der Waals surface area (Å²) in [6.07, 6.45) is 2.62. The van der Waals surface area contributed by atoms with E-state index in [4.69, 9.17) is 4.74 Å². The number of carbonyl (C=O) groups is 1. The summed E-state index contributed by atoms with van der Waals surface area (Å²) < 4.78 is 5.77. The first-order valence-corrected chi connectivity index (χ1v) is 9.73. The fourth-order valence-corrected chi connectivity index (χ4v) is 3.76. The lowest BCUT2D eigenvalue weighted by atomic mass is 10.1. The highest BCUT2D eigenvalue weighted by Gasteiger charge is 2.16. The minimum absolute atomic E-state index is 0.137. The predicted molar refractivity (Wildman–Crippen MR) is 108 cm³/mol. The molecule has 27 heavy (non-hydrogen) atoms. The molecule has 0 aliphatic carbocycles. The van der Waals surface area contributed by atoms with E-state index in [0.717, 1.165) is 22.8 Å². The topological polar surface area (TPSA) is 64.1 Å². The number of rotatable bonds is 7. The van der Waals surface area contributed by atoms with Crippen LogP contribution in [0.5, 0.6) is 5.75 Å². The van der Waals surface area contributed by atoms with Crippen molar-refractivity contribution in [2.24, 2.45) is 5.92 Å². The number of hydrogen-bond acceptors (Lipinski definition) is 5. The lowest BCUT2D eigenvalue weighted by Crippen LogP contribution is -2.11. The van der Waals surface area contributed by atoms with Crippen molar-refractivity contribution in [3.63, 3.8) is 0 Å². The monoisotopic (exact) mass is 381 g/mol. The van der Waals surface area contributed by atoms with Gasteiger partial charge < -0.3 is 10.1 Å². The molecule has 0 aliphatic rings. The van der Waals surface area contributed by atoms with Crippen LogP contribution < -0.4 is 10.1 Å². The minimum Gasteiger partial charge on any atom is -0.487 e. The summed E-state index contributed by atoms with van der Waals surface area (Å²) in [4.78, 5) is 22.0. The molecule has 2 aromatic heterocycles. The van der Waals surface area contributed by atoms with Gasteiger partial charge in [0.25, 0.3) is 5.91 Å². The third kappa shape index (κ3) is 5.37. The molecule has 3 aromatic rings. The van der Waals surface area contributed by atoms with E-state index >= 15 is 0 Å². The number of thiazole rings is 1. The van der Waals surface area contributed by atoms with Crippen molar-refractivity contribution >= 4 is 22.9 Å². The van der Waals surface area contributed by atoms with Crippen molar-refractivity contribution in [2.45, 2.75) is 33.8 Å². The number of anilines is 1. The Labute approximate surface area is 163 Å². The molecule has 1 N–H and O–H groups in total. The zero-order chi connectivity index (χ0) is 19.2. The third-order valence-corrected chi connectivity index (χ3v) is 5.01. The first-order chi connectivity index (χ1) is 13.0. The van der Waals surface area contributed by atoms with E-state index in [1.807, 2.05) is 49.4 Å². The lowest BCUT2D eigenvalue weighted by Gasteiger charge is -2.08. The van der Waals surface area contributed by atoms with Gasteiger partial charge in [-0.1, -0.05) is 26.0 Å². The molecular formula is C21H23N3O2S. The largest absolute Gasteiger partial charge is 0.487 e. The molecule has 0 aliphatic heterocycles. The summed E-state index contributed by atoms with van der Waals surface area (Å²) in [5.41, 5.74) is 2.32. The van der Waals surface area contributed by atoms with Crippen LogP contribution in [-0.4, -0.2) is 15.9 Å². The molecule has 0 radical (unpaired) electrons. The Morgan fingerprint density at radius 2 is 2.07 bits per heavy atom. The van der Waals surface area contributed by atoms with Crippen LogP contribution >= 0.6 is 11.3 Å². The number of carbonyl (C=O) groups excluding carboxylic acids is 1. The third-order valence-electron chi connectivity index (χ3n) is 3.83. The quantitative estimate of drug-likeness (QED) is 0.634. The van der Waals surface area contributed by atoms with Crippen molar-refractivity contribution in [3.05, 3.63) is 69.9 Å². The molecule has 1 aromatic carbocycles. The van der Waals surface area contributed by atoms with E-state index in [0.29, 0.717) is 28.8 Å². The fourth-order valence-electron chi connectivity index (χ4n) is 2.59. The molecule has 0 saturated heterocycles. The van der Waals surface area contributed by atoms with Gasteiger partial charge in [0.1, 0.15) is 17.2 Å². The molecule has 140 valence electrons. The maximum Gasteiger partial charge on any atom is 0.267 e. The molecule has 3 rings (SSSR count). The van der Waals surface area contributed by atoms with Gasteiger partial charge in [-0.2, -0.15) is 0 Å². The number of benzene rings is 1. The second-order valence-electron chi connectivity index (χ2n) is 6.71. The molecule has 0 fully saturated rings. The van der Waals surface area contributed by atoms with Gasteiger partial charge in [0.2, 0.25) is 0 Å². The van der Waals surface area contributed by atoms with Crippen LogP contribution in [0, 0.1) is 12.8 Å². The Kier molecular flexibility index (Phi) is 6.19. The van der Waals surface area contributed by atoms with Crippen LogP contribution in [0.15, 0.2) is 48.7 Å². The van der Waals surface area contributed by atoms with Gasteiger partial charge in [-0.05, 0) is 37.1 Å². The number of aryl methyl sites for hydroxylation is 1. The van der Waals surface area contributed by atoms with Crippen molar-refractivity contribution in [1.29, 1.82) is 0 Å². The minimum atomic E-state index is -0.137. The number of pyridine rings is 1. The van der Waals surface area contributed by atoms with E-state index in [1.54, 1.807) is 6.20 Å². The van der Waals surface area contributed by atoms with Gasteiger partial charge in [0, 0.05) is 24.4 Å². The van der Waals surface area contributed by atoms with Crippen LogP contribution in [0.25, 0.3) is 0 Å². The number of amides is 1. The maximum absolute atomic E-state index is 12.6. The lowest BCUT2D eigenvalue weighted by molar-refractivity contribution is 0.103. The van der Waals surface area contributed by atoms with Gasteiger partial charge in [0.05, 0.1) is 16.4 Å². The predicted octanol–water partition coefficient (Wildman–Crippen LogP) is 4.88. The second-order valence-corrected chi connectivity index (χ2v) is 7.80. The fraction of sp³-hybridized carbons (Fsp3) is 0.286. The molecule has 6 heteroatoms. The zero-order valence-corrected chi connectivity index (χ0v) is 16.5. The number of nitrogens with one attached hydrogen (secondary N) is 1. The van der Waals surface area contributed by atoms with Crippen molar-refractivity contribution in [2.75, 3.05) is 5.32 Å². The van der Waals surface area contributed by atoms with E-state index in [1.165, 1.54) is 11.3 Å². The molecule has 1 amide bonds. The highest BCUT2D eigenvalue weighted by atomic mass is 32.1. The maximum atomic E-state index is 12.6. The number of aromatic nitrogens is 2. The van der Waals surface area contributed by atoms with Gasteiger partial charge in [-0.25, -0.2) is 4.98 Å². The summed E-state index contributed by atoms with van der Waals surface area (Å²) in [7, 11) is 0. The summed E-state index contributed by atoms with van der Waals surface area (Å²) in [5, 5.41) is 3.94. The van der Waals surface area contributed by atoms with Crippen LogP contribution in [0.2, 0.25) is 0 Å². The van der Waals surface area contributed by atoms with Crippen LogP contribution in [0.3, 0.4) is 0 Å². The van der Waals surface area contributed by atoms with Gasteiger partial charge in [-0.3, -0.25) is 9.78 Å². The van der Waals surface area contributed by atoms with Crippen LogP contribution in [0.1, 0.15) is 39.9 Å². The smallest absolute Gasteiger partial charge is 0.267 e. The number of ether oxygens (including phenoxy) is 1. The average Bonchev–Trinajstić information content (AvgIpc) is 3.01. The second kappa shape index (κ2) is 8.77. The molecule has 0 saturated carbocycles. The molecule has 0 unspecified atom stereocenters.